The first-order valence-corrected chi connectivity index (χ1v) is 11.4. The van der Waals surface area contributed by atoms with Gasteiger partial charge in [0.2, 0.25) is 0 Å². The van der Waals surface area contributed by atoms with E-state index in [1.807, 2.05) is 42.7 Å². The maximum absolute atomic E-state index is 13.6. The minimum atomic E-state index is -0.990. The van der Waals surface area contributed by atoms with Crippen molar-refractivity contribution < 1.29 is 23.5 Å². The van der Waals surface area contributed by atoms with Crippen molar-refractivity contribution >= 4 is 22.5 Å². The summed E-state index contributed by atoms with van der Waals surface area (Å²) in [4.78, 5) is 17.9. The van der Waals surface area contributed by atoms with Gasteiger partial charge in [0.25, 0.3) is 5.91 Å². The fourth-order valence-corrected chi connectivity index (χ4v) is 4.07. The molecule has 2 aromatic heterocycles. The van der Waals surface area contributed by atoms with Crippen LogP contribution in [-0.4, -0.2) is 32.5 Å². The quantitative estimate of drug-likeness (QED) is 0.199. The molecule has 2 N–H and O–H groups in total. The maximum Gasteiger partial charge on any atom is 0.254 e. The molecular formula is C27H26F2N4O3. The highest BCUT2D eigenvalue weighted by atomic mass is 19.2. The molecule has 2 heterocycles. The number of amides is 1. The summed E-state index contributed by atoms with van der Waals surface area (Å²) < 4.78 is 34.7. The largest absolute Gasteiger partial charge is 0.491 e. The van der Waals surface area contributed by atoms with Gasteiger partial charge < -0.3 is 19.8 Å². The van der Waals surface area contributed by atoms with Crippen molar-refractivity contribution in [2.24, 2.45) is 5.16 Å². The molecule has 0 atom stereocenters. The number of ether oxygens (including phenoxy) is 1. The van der Waals surface area contributed by atoms with Crippen molar-refractivity contribution in [2.45, 2.75) is 40.0 Å². The molecule has 0 aliphatic heterocycles. The molecule has 36 heavy (non-hydrogen) atoms. The molecule has 0 saturated carbocycles. The molecule has 0 bridgehead atoms. The summed E-state index contributed by atoms with van der Waals surface area (Å²) in [5, 5.41) is 16.4. The summed E-state index contributed by atoms with van der Waals surface area (Å²) in [5.41, 5.74) is 2.75. The number of carbonyl (C=O) groups excluding carboxylic acids is 1. The topological polar surface area (TPSA) is 88.7 Å². The Morgan fingerprint density at radius 3 is 2.61 bits per heavy atom. The van der Waals surface area contributed by atoms with E-state index in [9.17, 15) is 18.8 Å². The lowest BCUT2D eigenvalue weighted by molar-refractivity contribution is 0.0952. The van der Waals surface area contributed by atoms with Gasteiger partial charge in [0.05, 0.1) is 35.1 Å². The van der Waals surface area contributed by atoms with Crippen LogP contribution in [0.5, 0.6) is 5.75 Å². The number of hydrogen-bond acceptors (Lipinski definition) is 5. The zero-order valence-corrected chi connectivity index (χ0v) is 20.1. The fraction of sp³-hybridized carbons (Fsp3) is 0.222. The second-order valence-electron chi connectivity index (χ2n) is 8.59. The van der Waals surface area contributed by atoms with Crippen molar-refractivity contribution in [3.8, 4) is 5.75 Å². The molecule has 0 saturated heterocycles. The highest BCUT2D eigenvalue weighted by Gasteiger charge is 2.25. The Balaban J connectivity index is 1.83. The Hall–Kier alpha value is -4.27. The first kappa shape index (κ1) is 24.8. The molecule has 4 aromatic rings. The molecule has 0 radical (unpaired) electrons. The van der Waals surface area contributed by atoms with E-state index in [1.165, 1.54) is 6.07 Å². The Bertz CT molecular complexity index is 1430. The number of halogens is 2. The van der Waals surface area contributed by atoms with E-state index in [0.717, 1.165) is 17.8 Å². The Morgan fingerprint density at radius 1 is 1.14 bits per heavy atom. The van der Waals surface area contributed by atoms with Gasteiger partial charge in [-0.3, -0.25) is 9.78 Å². The van der Waals surface area contributed by atoms with Crippen LogP contribution < -0.4 is 10.1 Å². The molecule has 2 aromatic carbocycles. The van der Waals surface area contributed by atoms with E-state index < -0.39 is 17.5 Å². The molecule has 1 amide bonds. The van der Waals surface area contributed by atoms with Crippen LogP contribution in [0.15, 0.2) is 65.9 Å². The minimum absolute atomic E-state index is 0.0216. The zero-order chi connectivity index (χ0) is 25.8. The van der Waals surface area contributed by atoms with Gasteiger partial charge >= 0.3 is 0 Å². The Morgan fingerprint density at radius 2 is 1.94 bits per heavy atom. The lowest BCUT2D eigenvalue weighted by Gasteiger charge is -2.13. The van der Waals surface area contributed by atoms with Crippen LogP contribution in [-0.2, 0) is 13.1 Å². The van der Waals surface area contributed by atoms with Gasteiger partial charge in [-0.15, -0.1) is 0 Å². The van der Waals surface area contributed by atoms with Crippen molar-refractivity contribution in [3.05, 3.63) is 94.9 Å². The van der Waals surface area contributed by atoms with Crippen molar-refractivity contribution in [1.29, 1.82) is 0 Å². The molecule has 0 unspecified atom stereocenters. The van der Waals surface area contributed by atoms with Crippen LogP contribution in [0, 0.1) is 11.6 Å². The molecule has 0 spiro atoms. The van der Waals surface area contributed by atoms with Gasteiger partial charge in [-0.25, -0.2) is 8.78 Å². The molecule has 186 valence electrons. The van der Waals surface area contributed by atoms with Gasteiger partial charge in [-0.05, 0) is 62.7 Å². The number of nitrogens with one attached hydrogen (secondary N) is 1. The van der Waals surface area contributed by atoms with Gasteiger partial charge in [-0.1, -0.05) is 17.3 Å². The third-order valence-electron chi connectivity index (χ3n) is 5.61. The molecule has 0 aliphatic carbocycles. The van der Waals surface area contributed by atoms with Gasteiger partial charge in [0.15, 0.2) is 11.6 Å². The number of rotatable bonds is 8. The summed E-state index contributed by atoms with van der Waals surface area (Å²) in [5.74, 6) is -1.79. The van der Waals surface area contributed by atoms with Crippen LogP contribution in [0.25, 0.3) is 10.9 Å². The van der Waals surface area contributed by atoms with Gasteiger partial charge in [0, 0.05) is 24.2 Å². The number of pyridine rings is 1. The van der Waals surface area contributed by atoms with Crippen molar-refractivity contribution in [1.82, 2.24) is 14.9 Å². The first-order chi connectivity index (χ1) is 17.3. The third-order valence-corrected chi connectivity index (χ3v) is 5.61. The second-order valence-corrected chi connectivity index (χ2v) is 8.59. The second kappa shape index (κ2) is 10.6. The smallest absolute Gasteiger partial charge is 0.254 e. The average molecular weight is 493 g/mol. The van der Waals surface area contributed by atoms with Gasteiger partial charge in [-0.2, -0.15) is 0 Å². The van der Waals surface area contributed by atoms with E-state index in [0.29, 0.717) is 34.5 Å². The number of nitrogens with zero attached hydrogens (tertiary/aromatic N) is 3. The number of fused-ring (bicyclic) bond motifs is 1. The van der Waals surface area contributed by atoms with Gasteiger partial charge in [0.1, 0.15) is 11.5 Å². The van der Waals surface area contributed by atoms with Crippen molar-refractivity contribution in [2.75, 3.05) is 0 Å². The Labute approximate surface area is 207 Å². The highest BCUT2D eigenvalue weighted by Crippen LogP contribution is 2.31. The number of aromatic nitrogens is 2. The number of oxime groups is 1. The van der Waals surface area contributed by atoms with Crippen LogP contribution in [0.3, 0.4) is 0 Å². The van der Waals surface area contributed by atoms with E-state index in [-0.39, 0.29) is 23.9 Å². The zero-order valence-electron chi connectivity index (χ0n) is 20.1. The maximum atomic E-state index is 13.6. The SMILES string of the molecule is CC(=NO)c1c(C(=O)NCc2ccc(F)c(F)c2)c2ccc(OC(C)C)cc2n1Cc1ccccn1. The Kier molecular flexibility index (Phi) is 7.28. The average Bonchev–Trinajstić information content (AvgIpc) is 3.17. The number of benzene rings is 2. The molecular weight excluding hydrogens is 466 g/mol. The van der Waals surface area contributed by atoms with Crippen LogP contribution in [0.2, 0.25) is 0 Å². The minimum Gasteiger partial charge on any atom is -0.491 e. The van der Waals surface area contributed by atoms with Crippen LogP contribution in [0.1, 0.15) is 48.1 Å². The number of hydrogen-bond donors (Lipinski definition) is 2. The number of carbonyl (C=O) groups is 1. The first-order valence-electron chi connectivity index (χ1n) is 11.4. The standard InChI is InChI=1S/C27H26F2N4O3/c1-16(2)36-20-8-9-21-24(13-20)33(15-19-6-4-5-11-30-19)26(17(3)32-35)25(21)27(34)31-14-18-7-10-22(28)23(29)12-18/h4-13,16,35H,14-15H2,1-3H3,(H,31,34). The van der Waals surface area contributed by atoms with E-state index in [2.05, 4.69) is 15.5 Å². The molecule has 4 rings (SSSR count). The lowest BCUT2D eigenvalue weighted by atomic mass is 10.1. The normalized spacial score (nSPS) is 11.8. The lowest BCUT2D eigenvalue weighted by Crippen LogP contribution is -2.25. The van der Waals surface area contributed by atoms with E-state index >= 15 is 0 Å². The summed E-state index contributed by atoms with van der Waals surface area (Å²) in [6, 6.07) is 14.4. The summed E-state index contributed by atoms with van der Waals surface area (Å²) in [7, 11) is 0. The summed E-state index contributed by atoms with van der Waals surface area (Å²) in [6.45, 7) is 5.72. The summed E-state index contributed by atoms with van der Waals surface area (Å²) >= 11 is 0. The predicted octanol–water partition coefficient (Wildman–Crippen LogP) is 5.28. The fourth-order valence-electron chi connectivity index (χ4n) is 4.07. The third kappa shape index (κ3) is 5.19. The highest BCUT2D eigenvalue weighted by molar-refractivity contribution is 6.17. The predicted molar refractivity (Wildman–Crippen MR) is 133 cm³/mol. The molecule has 9 heteroatoms. The summed E-state index contributed by atoms with van der Waals surface area (Å²) in [6.07, 6.45) is 1.62. The molecule has 0 fully saturated rings. The van der Waals surface area contributed by atoms with E-state index in [1.54, 1.807) is 25.3 Å². The monoisotopic (exact) mass is 492 g/mol. The van der Waals surface area contributed by atoms with E-state index in [4.69, 9.17) is 4.74 Å². The van der Waals surface area contributed by atoms with Crippen molar-refractivity contribution in [3.63, 3.8) is 0 Å². The van der Waals surface area contributed by atoms with Crippen LogP contribution in [0.4, 0.5) is 8.78 Å². The molecule has 0 aliphatic rings. The molecule has 7 nitrogen and oxygen atoms in total. The van der Waals surface area contributed by atoms with Crippen LogP contribution >= 0.6 is 0 Å².